The Balaban J connectivity index is 4.73. The predicted molar refractivity (Wildman–Crippen MR) is 135 cm³/mol. The van der Waals surface area contributed by atoms with Crippen LogP contribution in [-0.4, -0.2) is 22.5 Å². The molecular weight excluding hydrogens is 350 g/mol. The molecule has 0 rings (SSSR count). The molecule has 0 aliphatic heterocycles. The molecule has 176 valence electrons. The number of hydrogen-bond donors (Lipinski definition) is 0. The molecule has 0 aromatic carbocycles. The average Bonchev–Trinajstić information content (AvgIpc) is 2.66. The largest absolute Gasteiger partial charge is 0.293 e. The van der Waals surface area contributed by atoms with Crippen molar-refractivity contribution < 1.29 is 0 Å². The average molecular weight is 410 g/mol. The Morgan fingerprint density at radius 2 is 0.724 bits per heavy atom. The fourth-order valence-corrected chi connectivity index (χ4v) is 5.07. The first kappa shape index (κ1) is 29.0. The smallest absolute Gasteiger partial charge is 0.0158 e. The third-order valence-corrected chi connectivity index (χ3v) is 6.98. The van der Waals surface area contributed by atoms with Gasteiger partial charge in [0.2, 0.25) is 0 Å². The van der Waals surface area contributed by atoms with E-state index in [0.717, 1.165) is 0 Å². The van der Waals surface area contributed by atoms with Gasteiger partial charge >= 0.3 is 0 Å². The van der Waals surface area contributed by atoms with Gasteiger partial charge in [0.15, 0.2) is 0 Å². The molecule has 0 heterocycles. The molecule has 0 radical (unpaired) electrons. The summed E-state index contributed by atoms with van der Waals surface area (Å²) in [6.45, 7) is 18.4. The highest BCUT2D eigenvalue weighted by atomic mass is 15.2. The Morgan fingerprint density at radius 1 is 0.414 bits per heavy atom. The Hall–Kier alpha value is -0.0400. The van der Waals surface area contributed by atoms with Gasteiger partial charge in [0.05, 0.1) is 0 Å². The standard InChI is InChI=1S/C28H59N/c1-8-11-14-17-20-23-26-29(27(4,5)24-21-18-15-12-9-2)28(6,7)25-22-19-16-13-10-3/h8-26H2,1-7H3. The first-order chi connectivity index (χ1) is 13.8. The molecule has 1 heteroatoms. The van der Waals surface area contributed by atoms with Crippen LogP contribution in [0, 0.1) is 0 Å². The Bertz CT molecular complexity index is 318. The van der Waals surface area contributed by atoms with E-state index in [1.54, 1.807) is 0 Å². The van der Waals surface area contributed by atoms with Gasteiger partial charge in [0.1, 0.15) is 0 Å². The summed E-state index contributed by atoms with van der Waals surface area (Å²) in [7, 11) is 0. The molecule has 0 amide bonds. The van der Waals surface area contributed by atoms with Crippen LogP contribution in [0.4, 0.5) is 0 Å². The van der Waals surface area contributed by atoms with E-state index in [2.05, 4.69) is 53.4 Å². The van der Waals surface area contributed by atoms with Crippen LogP contribution in [0.3, 0.4) is 0 Å². The molecule has 0 aromatic heterocycles. The van der Waals surface area contributed by atoms with Crippen molar-refractivity contribution in [3.05, 3.63) is 0 Å². The van der Waals surface area contributed by atoms with Crippen molar-refractivity contribution in [1.82, 2.24) is 4.90 Å². The van der Waals surface area contributed by atoms with Crippen LogP contribution in [0.1, 0.15) is 164 Å². The zero-order chi connectivity index (χ0) is 22.0. The highest BCUT2D eigenvalue weighted by molar-refractivity contribution is 4.92. The zero-order valence-electron chi connectivity index (χ0n) is 21.9. The Kier molecular flexibility index (Phi) is 17.6. The SMILES string of the molecule is CCCCCCCCN(C(C)(C)CCCCCCC)C(C)(C)CCCCCCC. The van der Waals surface area contributed by atoms with Gasteiger partial charge in [-0.1, -0.05) is 117 Å². The van der Waals surface area contributed by atoms with Crippen molar-refractivity contribution in [3.8, 4) is 0 Å². The lowest BCUT2D eigenvalue weighted by Gasteiger charge is -2.49. The molecule has 0 aliphatic carbocycles. The van der Waals surface area contributed by atoms with Crippen molar-refractivity contribution >= 4 is 0 Å². The van der Waals surface area contributed by atoms with Crippen LogP contribution >= 0.6 is 0 Å². The molecule has 0 aromatic rings. The predicted octanol–water partition coefficient (Wildman–Crippen LogP) is 9.93. The highest BCUT2D eigenvalue weighted by Crippen LogP contribution is 2.33. The monoisotopic (exact) mass is 409 g/mol. The van der Waals surface area contributed by atoms with Gasteiger partial charge in [0, 0.05) is 11.1 Å². The van der Waals surface area contributed by atoms with E-state index in [9.17, 15) is 0 Å². The van der Waals surface area contributed by atoms with Gasteiger partial charge < -0.3 is 0 Å². The van der Waals surface area contributed by atoms with Crippen LogP contribution in [0.5, 0.6) is 0 Å². The van der Waals surface area contributed by atoms with Crippen LogP contribution in [-0.2, 0) is 0 Å². The molecule has 0 saturated carbocycles. The van der Waals surface area contributed by atoms with Crippen molar-refractivity contribution in [2.45, 2.75) is 175 Å². The molecule has 29 heavy (non-hydrogen) atoms. The van der Waals surface area contributed by atoms with E-state index >= 15 is 0 Å². The van der Waals surface area contributed by atoms with Crippen molar-refractivity contribution in [2.75, 3.05) is 6.54 Å². The molecule has 0 saturated heterocycles. The molecule has 0 fully saturated rings. The normalized spacial score (nSPS) is 12.8. The van der Waals surface area contributed by atoms with Gasteiger partial charge in [-0.3, -0.25) is 4.90 Å². The maximum Gasteiger partial charge on any atom is 0.0158 e. The number of nitrogens with zero attached hydrogens (tertiary/aromatic N) is 1. The molecule has 0 aliphatic rings. The molecule has 1 nitrogen and oxygen atoms in total. The maximum absolute atomic E-state index is 2.92. The third kappa shape index (κ3) is 14.6. The first-order valence-corrected chi connectivity index (χ1v) is 13.6. The van der Waals surface area contributed by atoms with Crippen LogP contribution in [0.2, 0.25) is 0 Å². The summed E-state index contributed by atoms with van der Waals surface area (Å²) in [4.78, 5) is 2.92. The Morgan fingerprint density at radius 3 is 1.10 bits per heavy atom. The second-order valence-electron chi connectivity index (χ2n) is 10.9. The quantitative estimate of drug-likeness (QED) is 0.170. The van der Waals surface area contributed by atoms with E-state index < -0.39 is 0 Å². The molecule has 0 unspecified atom stereocenters. The van der Waals surface area contributed by atoms with E-state index in [1.807, 2.05) is 0 Å². The molecule has 0 spiro atoms. The topological polar surface area (TPSA) is 3.24 Å². The van der Waals surface area contributed by atoms with Crippen LogP contribution < -0.4 is 0 Å². The fraction of sp³-hybridized carbons (Fsp3) is 1.00. The zero-order valence-corrected chi connectivity index (χ0v) is 21.9. The fourth-order valence-electron chi connectivity index (χ4n) is 5.07. The van der Waals surface area contributed by atoms with E-state index in [-0.39, 0.29) is 0 Å². The lowest BCUT2D eigenvalue weighted by atomic mass is 9.85. The lowest BCUT2D eigenvalue weighted by Crippen LogP contribution is -2.55. The minimum Gasteiger partial charge on any atom is -0.293 e. The van der Waals surface area contributed by atoms with Gasteiger partial charge in [-0.05, 0) is 53.5 Å². The Labute approximate surface area is 186 Å². The highest BCUT2D eigenvalue weighted by Gasteiger charge is 2.36. The first-order valence-electron chi connectivity index (χ1n) is 13.6. The summed E-state index contributed by atoms with van der Waals surface area (Å²) < 4.78 is 0. The van der Waals surface area contributed by atoms with Gasteiger partial charge in [-0.25, -0.2) is 0 Å². The summed E-state index contributed by atoms with van der Waals surface area (Å²) in [5.74, 6) is 0. The summed E-state index contributed by atoms with van der Waals surface area (Å²) in [6.07, 6.45) is 25.1. The lowest BCUT2D eigenvalue weighted by molar-refractivity contribution is 0.00152. The van der Waals surface area contributed by atoms with E-state index in [4.69, 9.17) is 0 Å². The van der Waals surface area contributed by atoms with E-state index in [1.165, 1.54) is 122 Å². The van der Waals surface area contributed by atoms with Crippen molar-refractivity contribution in [1.29, 1.82) is 0 Å². The van der Waals surface area contributed by atoms with Crippen molar-refractivity contribution in [3.63, 3.8) is 0 Å². The third-order valence-electron chi connectivity index (χ3n) is 6.98. The second-order valence-corrected chi connectivity index (χ2v) is 10.9. The summed E-state index contributed by atoms with van der Waals surface area (Å²) >= 11 is 0. The molecule has 0 bridgehead atoms. The summed E-state index contributed by atoms with van der Waals surface area (Å²) in [5, 5.41) is 0. The van der Waals surface area contributed by atoms with Gasteiger partial charge in [-0.15, -0.1) is 0 Å². The van der Waals surface area contributed by atoms with Gasteiger partial charge in [0.25, 0.3) is 0 Å². The number of rotatable bonds is 21. The van der Waals surface area contributed by atoms with Crippen LogP contribution in [0.15, 0.2) is 0 Å². The molecule has 0 atom stereocenters. The summed E-state index contributed by atoms with van der Waals surface area (Å²) in [6, 6.07) is 0. The number of hydrogen-bond acceptors (Lipinski definition) is 1. The second kappa shape index (κ2) is 17.6. The summed E-state index contributed by atoms with van der Waals surface area (Å²) in [5.41, 5.74) is 0.644. The van der Waals surface area contributed by atoms with Crippen LogP contribution in [0.25, 0.3) is 0 Å². The molecular formula is C28H59N. The van der Waals surface area contributed by atoms with Crippen molar-refractivity contribution in [2.24, 2.45) is 0 Å². The van der Waals surface area contributed by atoms with Gasteiger partial charge in [-0.2, -0.15) is 0 Å². The molecule has 0 N–H and O–H groups in total. The minimum atomic E-state index is 0.322. The number of unbranched alkanes of at least 4 members (excludes halogenated alkanes) is 13. The van der Waals surface area contributed by atoms with E-state index in [0.29, 0.717) is 11.1 Å². The maximum atomic E-state index is 2.92. The minimum absolute atomic E-state index is 0.322.